The van der Waals surface area contributed by atoms with Crippen molar-refractivity contribution in [2.75, 3.05) is 36.4 Å². The number of benzene rings is 1. The van der Waals surface area contributed by atoms with Crippen LogP contribution in [0.2, 0.25) is 0 Å². The third-order valence-electron chi connectivity index (χ3n) is 3.94. The Morgan fingerprint density at radius 2 is 2.24 bits per heavy atom. The second-order valence-corrected chi connectivity index (χ2v) is 5.47. The molecule has 1 aromatic rings. The first kappa shape index (κ1) is 13.9. The van der Waals surface area contributed by atoms with Gasteiger partial charge in [-0.1, -0.05) is 6.07 Å². The lowest BCUT2D eigenvalue weighted by Crippen LogP contribution is -2.46. The topological polar surface area (TPSA) is 73.5 Å². The van der Waals surface area contributed by atoms with Crippen LogP contribution in [0.3, 0.4) is 0 Å². The number of carbonyl (C=O) groups is 2. The molecule has 3 N–H and O–H groups in total. The molecule has 3 rings (SSSR count). The molecule has 2 saturated heterocycles. The molecule has 0 aromatic heterocycles. The van der Waals surface area contributed by atoms with Crippen LogP contribution in [0.4, 0.5) is 16.2 Å². The van der Waals surface area contributed by atoms with Gasteiger partial charge in [-0.25, -0.2) is 4.79 Å². The quantitative estimate of drug-likeness (QED) is 0.781. The number of carbonyl (C=O) groups excluding carboxylic acids is 2. The van der Waals surface area contributed by atoms with Gasteiger partial charge in [0.05, 0.1) is 5.92 Å². The highest BCUT2D eigenvalue weighted by atomic mass is 16.2. The van der Waals surface area contributed by atoms with Crippen molar-refractivity contribution in [2.45, 2.75) is 12.8 Å². The summed E-state index contributed by atoms with van der Waals surface area (Å²) >= 11 is 0. The highest BCUT2D eigenvalue weighted by Gasteiger charge is 2.23. The van der Waals surface area contributed by atoms with Crippen LogP contribution >= 0.6 is 0 Å². The Kier molecular flexibility index (Phi) is 4.06. The highest BCUT2D eigenvalue weighted by molar-refractivity contribution is 5.96. The van der Waals surface area contributed by atoms with E-state index in [0.29, 0.717) is 6.54 Å². The van der Waals surface area contributed by atoms with E-state index >= 15 is 0 Å². The van der Waals surface area contributed by atoms with E-state index < -0.39 is 0 Å². The summed E-state index contributed by atoms with van der Waals surface area (Å²) in [7, 11) is 0. The third-order valence-corrected chi connectivity index (χ3v) is 3.94. The normalized spacial score (nSPS) is 22.0. The predicted octanol–water partition coefficient (Wildman–Crippen LogP) is 1.15. The van der Waals surface area contributed by atoms with Crippen LogP contribution in [-0.2, 0) is 4.79 Å². The summed E-state index contributed by atoms with van der Waals surface area (Å²) in [5.41, 5.74) is 1.55. The monoisotopic (exact) mass is 288 g/mol. The minimum atomic E-state index is -0.0790. The summed E-state index contributed by atoms with van der Waals surface area (Å²) < 4.78 is 0. The predicted molar refractivity (Wildman–Crippen MR) is 81.4 cm³/mol. The fourth-order valence-electron chi connectivity index (χ4n) is 2.75. The van der Waals surface area contributed by atoms with Crippen LogP contribution in [0.15, 0.2) is 24.3 Å². The van der Waals surface area contributed by atoms with E-state index in [1.165, 1.54) is 0 Å². The van der Waals surface area contributed by atoms with Crippen molar-refractivity contribution in [3.8, 4) is 0 Å². The fourth-order valence-corrected chi connectivity index (χ4v) is 2.75. The van der Waals surface area contributed by atoms with Gasteiger partial charge in [0.1, 0.15) is 0 Å². The van der Waals surface area contributed by atoms with Gasteiger partial charge in [0.2, 0.25) is 5.91 Å². The minimum Gasteiger partial charge on any atom is -0.338 e. The van der Waals surface area contributed by atoms with Crippen molar-refractivity contribution in [3.63, 3.8) is 0 Å². The molecule has 1 aromatic carbocycles. The molecule has 112 valence electrons. The van der Waals surface area contributed by atoms with Gasteiger partial charge in [0, 0.05) is 31.0 Å². The molecule has 2 aliphatic heterocycles. The van der Waals surface area contributed by atoms with Crippen molar-refractivity contribution in [1.82, 2.24) is 10.6 Å². The van der Waals surface area contributed by atoms with Gasteiger partial charge in [0.15, 0.2) is 0 Å². The number of hydrogen-bond acceptors (Lipinski definition) is 3. The largest absolute Gasteiger partial charge is 0.338 e. The van der Waals surface area contributed by atoms with E-state index in [-0.39, 0.29) is 17.9 Å². The molecule has 1 atom stereocenters. The van der Waals surface area contributed by atoms with E-state index in [1.807, 2.05) is 24.3 Å². The Balaban J connectivity index is 1.70. The maximum absolute atomic E-state index is 12.1. The smallest absolute Gasteiger partial charge is 0.321 e. The molecule has 3 amide bonds. The zero-order valence-corrected chi connectivity index (χ0v) is 11.9. The molecule has 6 nitrogen and oxygen atoms in total. The first-order valence-electron chi connectivity index (χ1n) is 7.41. The van der Waals surface area contributed by atoms with Gasteiger partial charge in [-0.15, -0.1) is 0 Å². The van der Waals surface area contributed by atoms with E-state index in [0.717, 1.165) is 43.9 Å². The molecule has 2 aliphatic rings. The molecule has 2 fully saturated rings. The highest BCUT2D eigenvalue weighted by Crippen LogP contribution is 2.22. The Morgan fingerprint density at radius 3 is 3.00 bits per heavy atom. The molecule has 0 aliphatic carbocycles. The van der Waals surface area contributed by atoms with Gasteiger partial charge in [-0.05, 0) is 37.6 Å². The number of amides is 3. The lowest BCUT2D eigenvalue weighted by atomic mass is 10.1. The molecule has 2 heterocycles. The van der Waals surface area contributed by atoms with Crippen molar-refractivity contribution in [3.05, 3.63) is 24.3 Å². The molecule has 0 radical (unpaired) electrons. The maximum atomic E-state index is 12.1. The Labute approximate surface area is 123 Å². The number of hydrogen-bond donors (Lipinski definition) is 3. The standard InChI is InChI=1S/C15H20N4O2/c20-14(11-5-7-16-10-11)18-12-3-1-4-13(9-12)19-8-2-6-17-15(19)21/h1,3-4,9,11,16H,2,5-8,10H2,(H,17,21)(H,18,20). The number of nitrogens with zero attached hydrogens (tertiary/aromatic N) is 1. The van der Waals surface area contributed by atoms with Gasteiger partial charge in [0.25, 0.3) is 0 Å². The minimum absolute atomic E-state index is 0.0342. The summed E-state index contributed by atoms with van der Waals surface area (Å²) in [5, 5.41) is 8.95. The average molecular weight is 288 g/mol. The summed E-state index contributed by atoms with van der Waals surface area (Å²) in [4.78, 5) is 25.7. The van der Waals surface area contributed by atoms with Crippen LogP contribution in [0.1, 0.15) is 12.8 Å². The first-order valence-corrected chi connectivity index (χ1v) is 7.41. The van der Waals surface area contributed by atoms with Gasteiger partial charge in [-0.3, -0.25) is 9.69 Å². The second kappa shape index (κ2) is 6.13. The lowest BCUT2D eigenvalue weighted by Gasteiger charge is -2.27. The van der Waals surface area contributed by atoms with E-state index in [2.05, 4.69) is 16.0 Å². The van der Waals surface area contributed by atoms with Crippen molar-refractivity contribution in [2.24, 2.45) is 5.92 Å². The lowest BCUT2D eigenvalue weighted by molar-refractivity contribution is -0.119. The van der Waals surface area contributed by atoms with E-state index in [9.17, 15) is 9.59 Å². The number of anilines is 2. The molecular formula is C15H20N4O2. The van der Waals surface area contributed by atoms with Crippen molar-refractivity contribution >= 4 is 23.3 Å². The Bertz CT molecular complexity index is 540. The summed E-state index contributed by atoms with van der Waals surface area (Å²) in [6, 6.07) is 7.37. The molecule has 0 bridgehead atoms. The maximum Gasteiger partial charge on any atom is 0.321 e. The average Bonchev–Trinajstić information content (AvgIpc) is 3.02. The zero-order chi connectivity index (χ0) is 14.7. The van der Waals surface area contributed by atoms with Crippen molar-refractivity contribution < 1.29 is 9.59 Å². The van der Waals surface area contributed by atoms with Crippen LogP contribution in [0.5, 0.6) is 0 Å². The third kappa shape index (κ3) is 3.16. The summed E-state index contributed by atoms with van der Waals surface area (Å²) in [6.45, 7) is 3.06. The Morgan fingerprint density at radius 1 is 1.33 bits per heavy atom. The second-order valence-electron chi connectivity index (χ2n) is 5.47. The molecule has 0 spiro atoms. The SMILES string of the molecule is O=C(Nc1cccc(N2CCCNC2=O)c1)C1CCNC1. The van der Waals surface area contributed by atoms with Crippen LogP contribution in [0, 0.1) is 5.92 Å². The van der Waals surface area contributed by atoms with Crippen LogP contribution in [-0.4, -0.2) is 38.1 Å². The van der Waals surface area contributed by atoms with Gasteiger partial charge < -0.3 is 16.0 Å². The zero-order valence-electron chi connectivity index (χ0n) is 11.9. The summed E-state index contributed by atoms with van der Waals surface area (Å²) in [5.74, 6) is 0.0761. The summed E-state index contributed by atoms with van der Waals surface area (Å²) in [6.07, 6.45) is 1.80. The van der Waals surface area contributed by atoms with Crippen LogP contribution < -0.4 is 20.9 Å². The number of nitrogens with one attached hydrogen (secondary N) is 3. The molecule has 0 saturated carbocycles. The van der Waals surface area contributed by atoms with E-state index in [1.54, 1.807) is 4.90 Å². The molecule has 1 unspecified atom stereocenters. The fraction of sp³-hybridized carbons (Fsp3) is 0.467. The molecular weight excluding hydrogens is 268 g/mol. The molecule has 21 heavy (non-hydrogen) atoms. The van der Waals surface area contributed by atoms with E-state index in [4.69, 9.17) is 0 Å². The van der Waals surface area contributed by atoms with Gasteiger partial charge >= 0.3 is 6.03 Å². The number of rotatable bonds is 3. The molecule has 6 heteroatoms. The number of urea groups is 1. The Hall–Kier alpha value is -2.08. The first-order chi connectivity index (χ1) is 10.2. The van der Waals surface area contributed by atoms with Crippen LogP contribution in [0.25, 0.3) is 0 Å². The van der Waals surface area contributed by atoms with Gasteiger partial charge in [-0.2, -0.15) is 0 Å². The van der Waals surface area contributed by atoms with Crippen molar-refractivity contribution in [1.29, 1.82) is 0 Å².